The average Bonchev–Trinajstić information content (AvgIpc) is 3.01. The zero-order valence-electron chi connectivity index (χ0n) is 12.4. The standard InChI is InChI=1S/C15H17NO6/c1-15(2)10(11(15)14(20)21)12(17)16-8-6-7(13(18)19)4-5-9(8)22-3/h4-6,10-11H,1-3H3,(H,16,17)(H,18,19)(H,20,21)/t10-,11+/m1/s1. The molecule has 0 saturated heterocycles. The van der Waals surface area contributed by atoms with E-state index in [4.69, 9.17) is 14.9 Å². The Morgan fingerprint density at radius 1 is 1.18 bits per heavy atom. The molecule has 0 bridgehead atoms. The van der Waals surface area contributed by atoms with Crippen molar-refractivity contribution in [2.75, 3.05) is 12.4 Å². The second-order valence-electron chi connectivity index (χ2n) is 5.82. The van der Waals surface area contributed by atoms with Gasteiger partial charge in [0.15, 0.2) is 0 Å². The maximum Gasteiger partial charge on any atom is 0.335 e. The molecule has 0 aromatic heterocycles. The van der Waals surface area contributed by atoms with Gasteiger partial charge in [0.25, 0.3) is 0 Å². The topological polar surface area (TPSA) is 113 Å². The molecule has 1 fully saturated rings. The number of amides is 1. The van der Waals surface area contributed by atoms with Crippen molar-refractivity contribution in [3.63, 3.8) is 0 Å². The SMILES string of the molecule is COc1ccc(C(=O)O)cc1NC(=O)[C@H]1[C@@H](C(=O)O)C1(C)C. The predicted molar refractivity (Wildman–Crippen MR) is 77.0 cm³/mol. The number of benzene rings is 1. The maximum atomic E-state index is 12.3. The number of anilines is 1. The van der Waals surface area contributed by atoms with Gasteiger partial charge in [0.2, 0.25) is 5.91 Å². The number of rotatable bonds is 5. The van der Waals surface area contributed by atoms with Gasteiger partial charge in [-0.2, -0.15) is 0 Å². The number of carbonyl (C=O) groups is 3. The Morgan fingerprint density at radius 2 is 1.82 bits per heavy atom. The van der Waals surface area contributed by atoms with Crippen molar-refractivity contribution >= 4 is 23.5 Å². The van der Waals surface area contributed by atoms with E-state index < -0.39 is 35.1 Å². The highest BCUT2D eigenvalue weighted by atomic mass is 16.5. The highest BCUT2D eigenvalue weighted by Crippen LogP contribution is 2.58. The molecular formula is C15H17NO6. The van der Waals surface area contributed by atoms with E-state index in [9.17, 15) is 14.4 Å². The van der Waals surface area contributed by atoms with Crippen LogP contribution in [0, 0.1) is 17.3 Å². The number of methoxy groups -OCH3 is 1. The molecule has 0 radical (unpaired) electrons. The number of hydrogen-bond acceptors (Lipinski definition) is 4. The van der Waals surface area contributed by atoms with E-state index in [1.807, 2.05) is 0 Å². The van der Waals surface area contributed by atoms with Gasteiger partial charge in [-0.1, -0.05) is 13.8 Å². The summed E-state index contributed by atoms with van der Waals surface area (Å²) >= 11 is 0. The van der Waals surface area contributed by atoms with Crippen LogP contribution in [0.4, 0.5) is 5.69 Å². The van der Waals surface area contributed by atoms with Crippen LogP contribution in [-0.2, 0) is 9.59 Å². The van der Waals surface area contributed by atoms with Gasteiger partial charge in [0.1, 0.15) is 5.75 Å². The lowest BCUT2D eigenvalue weighted by atomic mass is 10.1. The van der Waals surface area contributed by atoms with Crippen molar-refractivity contribution in [3.05, 3.63) is 23.8 Å². The molecular weight excluding hydrogens is 290 g/mol. The number of ether oxygens (including phenoxy) is 1. The van der Waals surface area contributed by atoms with Crippen LogP contribution in [0.3, 0.4) is 0 Å². The summed E-state index contributed by atoms with van der Waals surface area (Å²) in [5, 5.41) is 20.7. The first kappa shape index (κ1) is 15.8. The molecule has 1 aliphatic carbocycles. The Balaban J connectivity index is 2.24. The summed E-state index contributed by atoms with van der Waals surface area (Å²) in [5.41, 5.74) is -0.423. The molecule has 1 aromatic carbocycles. The lowest BCUT2D eigenvalue weighted by Gasteiger charge is -2.11. The largest absolute Gasteiger partial charge is 0.495 e. The minimum atomic E-state index is -1.13. The van der Waals surface area contributed by atoms with Gasteiger partial charge in [-0.25, -0.2) is 4.79 Å². The van der Waals surface area contributed by atoms with Crippen LogP contribution in [0.1, 0.15) is 24.2 Å². The summed E-state index contributed by atoms with van der Waals surface area (Å²) in [5.74, 6) is -3.71. The van der Waals surface area contributed by atoms with Crippen LogP contribution >= 0.6 is 0 Å². The molecule has 0 spiro atoms. The number of aromatic carboxylic acids is 1. The predicted octanol–water partition coefficient (Wildman–Crippen LogP) is 1.69. The van der Waals surface area contributed by atoms with Crippen LogP contribution in [0.2, 0.25) is 0 Å². The number of aliphatic carboxylic acids is 1. The molecule has 0 heterocycles. The number of carbonyl (C=O) groups excluding carboxylic acids is 1. The minimum absolute atomic E-state index is 0.000872. The zero-order valence-corrected chi connectivity index (χ0v) is 12.4. The van der Waals surface area contributed by atoms with Gasteiger partial charge in [-0.15, -0.1) is 0 Å². The second kappa shape index (κ2) is 5.32. The van der Waals surface area contributed by atoms with Gasteiger partial charge >= 0.3 is 11.9 Å². The Kier molecular flexibility index (Phi) is 3.83. The molecule has 1 aromatic rings. The molecule has 2 rings (SSSR count). The monoisotopic (exact) mass is 307 g/mol. The van der Waals surface area contributed by atoms with Crippen LogP contribution in [0.5, 0.6) is 5.75 Å². The molecule has 1 saturated carbocycles. The lowest BCUT2D eigenvalue weighted by Crippen LogP contribution is -2.18. The third kappa shape index (κ3) is 2.61. The van der Waals surface area contributed by atoms with Crippen LogP contribution in [0.25, 0.3) is 0 Å². The third-order valence-electron chi connectivity index (χ3n) is 4.08. The van der Waals surface area contributed by atoms with E-state index >= 15 is 0 Å². The molecule has 0 aliphatic heterocycles. The Labute approximate surface area is 126 Å². The fourth-order valence-electron chi connectivity index (χ4n) is 2.74. The van der Waals surface area contributed by atoms with Gasteiger partial charge in [-0.05, 0) is 23.6 Å². The Bertz CT molecular complexity index is 651. The van der Waals surface area contributed by atoms with E-state index in [1.165, 1.54) is 25.3 Å². The van der Waals surface area contributed by atoms with Crippen LogP contribution < -0.4 is 10.1 Å². The van der Waals surface area contributed by atoms with E-state index in [0.29, 0.717) is 5.75 Å². The molecule has 22 heavy (non-hydrogen) atoms. The molecule has 3 N–H and O–H groups in total. The highest BCUT2D eigenvalue weighted by Gasteiger charge is 2.65. The Morgan fingerprint density at radius 3 is 2.27 bits per heavy atom. The van der Waals surface area contributed by atoms with E-state index in [1.54, 1.807) is 13.8 Å². The number of carboxylic acid groups (broad SMARTS) is 2. The number of carboxylic acids is 2. The molecule has 1 aliphatic rings. The lowest BCUT2D eigenvalue weighted by molar-refractivity contribution is -0.140. The maximum absolute atomic E-state index is 12.3. The smallest absolute Gasteiger partial charge is 0.335 e. The minimum Gasteiger partial charge on any atom is -0.495 e. The van der Waals surface area contributed by atoms with Crippen molar-refractivity contribution in [2.45, 2.75) is 13.8 Å². The van der Waals surface area contributed by atoms with Crippen molar-refractivity contribution in [1.82, 2.24) is 0 Å². The summed E-state index contributed by atoms with van der Waals surface area (Å²) < 4.78 is 5.08. The molecule has 118 valence electrons. The molecule has 2 atom stereocenters. The van der Waals surface area contributed by atoms with Crippen LogP contribution in [-0.4, -0.2) is 35.2 Å². The van der Waals surface area contributed by atoms with E-state index in [0.717, 1.165) is 0 Å². The number of nitrogens with one attached hydrogen (secondary N) is 1. The molecule has 0 unspecified atom stereocenters. The van der Waals surface area contributed by atoms with Crippen LogP contribution in [0.15, 0.2) is 18.2 Å². The Hall–Kier alpha value is -2.57. The summed E-state index contributed by atoms with van der Waals surface area (Å²) in [6.07, 6.45) is 0. The second-order valence-corrected chi connectivity index (χ2v) is 5.82. The fourth-order valence-corrected chi connectivity index (χ4v) is 2.74. The van der Waals surface area contributed by atoms with Crippen molar-refractivity contribution in [2.24, 2.45) is 17.3 Å². The highest BCUT2D eigenvalue weighted by molar-refractivity contribution is 6.01. The van der Waals surface area contributed by atoms with E-state index in [-0.39, 0.29) is 11.3 Å². The van der Waals surface area contributed by atoms with Crippen molar-refractivity contribution < 1.29 is 29.3 Å². The molecule has 7 nitrogen and oxygen atoms in total. The fraction of sp³-hybridized carbons (Fsp3) is 0.400. The number of hydrogen-bond donors (Lipinski definition) is 3. The van der Waals surface area contributed by atoms with Crippen molar-refractivity contribution in [3.8, 4) is 5.75 Å². The summed E-state index contributed by atoms with van der Waals surface area (Å²) in [4.78, 5) is 34.4. The summed E-state index contributed by atoms with van der Waals surface area (Å²) in [6, 6.07) is 4.08. The zero-order chi connectivity index (χ0) is 16.7. The first-order valence-electron chi connectivity index (χ1n) is 6.65. The average molecular weight is 307 g/mol. The molecule has 1 amide bonds. The summed E-state index contributed by atoms with van der Waals surface area (Å²) in [7, 11) is 1.40. The summed E-state index contributed by atoms with van der Waals surface area (Å²) in [6.45, 7) is 3.42. The quantitative estimate of drug-likeness (QED) is 0.763. The van der Waals surface area contributed by atoms with Gasteiger partial charge in [-0.3, -0.25) is 9.59 Å². The van der Waals surface area contributed by atoms with Gasteiger partial charge in [0.05, 0.1) is 30.2 Å². The van der Waals surface area contributed by atoms with Gasteiger partial charge in [0, 0.05) is 0 Å². The molecule has 7 heteroatoms. The normalized spacial score (nSPS) is 21.8. The van der Waals surface area contributed by atoms with Gasteiger partial charge < -0.3 is 20.3 Å². The van der Waals surface area contributed by atoms with E-state index in [2.05, 4.69) is 5.32 Å². The first-order valence-corrected chi connectivity index (χ1v) is 6.65. The first-order chi connectivity index (χ1) is 10.2. The van der Waals surface area contributed by atoms with Crippen molar-refractivity contribution in [1.29, 1.82) is 0 Å². The third-order valence-corrected chi connectivity index (χ3v) is 4.08.